The summed E-state index contributed by atoms with van der Waals surface area (Å²) in [6.45, 7) is 1.91. The molecule has 0 aliphatic rings. The first-order valence-electron chi connectivity index (χ1n) is 12.1. The molecular formula is C31H24IN3O4. The van der Waals surface area contributed by atoms with Crippen LogP contribution in [0, 0.1) is 10.5 Å². The number of aromatic nitrogens is 1. The Morgan fingerprint density at radius 1 is 0.923 bits per heavy atom. The van der Waals surface area contributed by atoms with Crippen molar-refractivity contribution in [2.24, 2.45) is 5.10 Å². The molecule has 0 aliphatic heterocycles. The molecule has 0 saturated heterocycles. The average Bonchev–Trinajstić information content (AvgIpc) is 3.35. The number of ether oxygens (including phenoxy) is 2. The van der Waals surface area contributed by atoms with Crippen LogP contribution in [-0.2, 0) is 0 Å². The number of carbonyl (C=O) groups excluding carboxylic acids is 2. The summed E-state index contributed by atoms with van der Waals surface area (Å²) >= 11 is 2.25. The highest BCUT2D eigenvalue weighted by atomic mass is 127. The van der Waals surface area contributed by atoms with Gasteiger partial charge in [0.2, 0.25) is 0 Å². The topological polar surface area (TPSA) is 92.8 Å². The lowest BCUT2D eigenvalue weighted by Crippen LogP contribution is -2.18. The third-order valence-electron chi connectivity index (χ3n) is 6.10. The number of hydrazone groups is 1. The third-order valence-corrected chi connectivity index (χ3v) is 7.00. The standard InChI is InChI=1S/C31H24IN3O4/c1-19-8-6-11-22(16-19)31(37)39-25-15-14-20(17-26(25)38-2)18-33-35-30(36)29-27(21-9-4-3-5-10-21)23-12-7-13-24(32)28(23)34-29/h3-18,34H,1-2H3,(H,35,36). The summed E-state index contributed by atoms with van der Waals surface area (Å²) in [4.78, 5) is 29.1. The molecule has 0 bridgehead atoms. The van der Waals surface area contributed by atoms with Crippen molar-refractivity contribution in [2.75, 3.05) is 7.11 Å². The van der Waals surface area contributed by atoms with Gasteiger partial charge in [-0.15, -0.1) is 0 Å². The van der Waals surface area contributed by atoms with Gasteiger partial charge >= 0.3 is 5.97 Å². The predicted molar refractivity (Wildman–Crippen MR) is 161 cm³/mol. The normalized spacial score (nSPS) is 11.1. The summed E-state index contributed by atoms with van der Waals surface area (Å²) < 4.78 is 12.0. The summed E-state index contributed by atoms with van der Waals surface area (Å²) in [5.41, 5.74) is 7.75. The lowest BCUT2D eigenvalue weighted by atomic mass is 10.0. The van der Waals surface area contributed by atoms with E-state index < -0.39 is 5.97 Å². The van der Waals surface area contributed by atoms with Crippen molar-refractivity contribution >= 4 is 51.6 Å². The lowest BCUT2D eigenvalue weighted by molar-refractivity contribution is 0.0729. The first-order chi connectivity index (χ1) is 18.9. The fourth-order valence-corrected chi connectivity index (χ4v) is 4.89. The molecule has 1 amide bonds. The molecule has 0 saturated carbocycles. The highest BCUT2D eigenvalue weighted by molar-refractivity contribution is 14.1. The van der Waals surface area contributed by atoms with Crippen LogP contribution in [0.25, 0.3) is 22.0 Å². The van der Waals surface area contributed by atoms with Crippen LogP contribution in [0.5, 0.6) is 11.5 Å². The van der Waals surface area contributed by atoms with Crippen molar-refractivity contribution in [3.05, 3.63) is 117 Å². The van der Waals surface area contributed by atoms with E-state index in [1.54, 1.807) is 36.4 Å². The maximum absolute atomic E-state index is 13.2. The Morgan fingerprint density at radius 2 is 1.72 bits per heavy atom. The number of hydrogen-bond acceptors (Lipinski definition) is 5. The van der Waals surface area contributed by atoms with Gasteiger partial charge in [0.15, 0.2) is 11.5 Å². The Kier molecular flexibility index (Phi) is 7.74. The van der Waals surface area contributed by atoms with Crippen LogP contribution in [0.1, 0.15) is 32.0 Å². The molecule has 194 valence electrons. The molecule has 1 aromatic heterocycles. The minimum Gasteiger partial charge on any atom is -0.493 e. The summed E-state index contributed by atoms with van der Waals surface area (Å²) in [5, 5.41) is 5.12. The van der Waals surface area contributed by atoms with Gasteiger partial charge in [-0.1, -0.05) is 60.2 Å². The summed E-state index contributed by atoms with van der Waals surface area (Å²) in [6, 6.07) is 27.9. The number of esters is 1. The molecule has 5 aromatic rings. The molecule has 0 spiro atoms. The van der Waals surface area contributed by atoms with E-state index in [1.165, 1.54) is 13.3 Å². The zero-order valence-electron chi connectivity index (χ0n) is 21.2. The summed E-state index contributed by atoms with van der Waals surface area (Å²) in [5.74, 6) is -0.200. The second-order valence-corrected chi connectivity index (χ2v) is 9.93. The maximum Gasteiger partial charge on any atom is 0.343 e. The maximum atomic E-state index is 13.2. The van der Waals surface area contributed by atoms with Gasteiger partial charge in [0.25, 0.3) is 5.91 Å². The van der Waals surface area contributed by atoms with Gasteiger partial charge in [-0.05, 0) is 77.0 Å². The number of carbonyl (C=O) groups is 2. The van der Waals surface area contributed by atoms with Crippen molar-refractivity contribution in [3.63, 3.8) is 0 Å². The summed E-state index contributed by atoms with van der Waals surface area (Å²) in [7, 11) is 1.49. The number of hydrogen-bond donors (Lipinski definition) is 2. The first-order valence-corrected chi connectivity index (χ1v) is 13.2. The smallest absolute Gasteiger partial charge is 0.343 e. The van der Waals surface area contributed by atoms with E-state index in [4.69, 9.17) is 9.47 Å². The monoisotopic (exact) mass is 629 g/mol. The molecule has 5 rings (SSSR count). The number of rotatable bonds is 7. The number of aromatic amines is 1. The van der Waals surface area contributed by atoms with Crippen LogP contribution in [0.4, 0.5) is 0 Å². The van der Waals surface area contributed by atoms with Crippen LogP contribution in [-0.4, -0.2) is 30.2 Å². The molecule has 0 unspecified atom stereocenters. The molecule has 8 heteroatoms. The Bertz CT molecular complexity index is 1710. The number of fused-ring (bicyclic) bond motifs is 1. The molecule has 0 fully saturated rings. The minimum atomic E-state index is -0.479. The van der Waals surface area contributed by atoms with Crippen LogP contribution in [0.2, 0.25) is 0 Å². The van der Waals surface area contributed by atoms with Crippen LogP contribution in [0.3, 0.4) is 0 Å². The van der Waals surface area contributed by atoms with Crippen LogP contribution >= 0.6 is 22.6 Å². The van der Waals surface area contributed by atoms with E-state index in [9.17, 15) is 9.59 Å². The molecule has 39 heavy (non-hydrogen) atoms. The molecule has 0 atom stereocenters. The number of methoxy groups -OCH3 is 1. The number of nitrogens with zero attached hydrogens (tertiary/aromatic N) is 1. The highest BCUT2D eigenvalue weighted by Crippen LogP contribution is 2.34. The number of halogens is 1. The van der Waals surface area contributed by atoms with E-state index >= 15 is 0 Å². The van der Waals surface area contributed by atoms with Crippen molar-refractivity contribution < 1.29 is 19.1 Å². The molecule has 4 aromatic carbocycles. The van der Waals surface area contributed by atoms with Gasteiger partial charge < -0.3 is 14.5 Å². The number of amides is 1. The molecule has 1 heterocycles. The lowest BCUT2D eigenvalue weighted by Gasteiger charge is -2.10. The van der Waals surface area contributed by atoms with Gasteiger partial charge in [0.05, 0.1) is 24.4 Å². The first kappa shape index (κ1) is 26.2. The van der Waals surface area contributed by atoms with Crippen molar-refractivity contribution in [2.45, 2.75) is 6.92 Å². The molecule has 0 aliphatic carbocycles. The van der Waals surface area contributed by atoms with Gasteiger partial charge in [-0.2, -0.15) is 5.10 Å². The second-order valence-electron chi connectivity index (χ2n) is 8.77. The van der Waals surface area contributed by atoms with Gasteiger partial charge in [0, 0.05) is 14.5 Å². The minimum absolute atomic E-state index is 0.283. The van der Waals surface area contributed by atoms with Crippen molar-refractivity contribution in [1.29, 1.82) is 0 Å². The molecular weight excluding hydrogens is 605 g/mol. The summed E-state index contributed by atoms with van der Waals surface area (Å²) in [6.07, 6.45) is 1.50. The van der Waals surface area contributed by atoms with E-state index in [1.807, 2.05) is 61.5 Å². The number of para-hydroxylation sites is 1. The SMILES string of the molecule is COc1cc(C=NNC(=O)c2[nH]c3c(I)cccc3c2-c2ccccc2)ccc1OC(=O)c1cccc(C)c1. The average molecular weight is 629 g/mol. The quantitative estimate of drug-likeness (QED) is 0.0686. The number of H-pyrrole nitrogens is 1. The van der Waals surface area contributed by atoms with Gasteiger partial charge in [-0.25, -0.2) is 10.2 Å². The third kappa shape index (κ3) is 5.70. The Labute approximate surface area is 239 Å². The van der Waals surface area contributed by atoms with E-state index in [0.29, 0.717) is 22.6 Å². The second kappa shape index (κ2) is 11.5. The zero-order valence-corrected chi connectivity index (χ0v) is 23.4. The number of benzene rings is 4. The van der Waals surface area contributed by atoms with E-state index in [-0.39, 0.29) is 11.7 Å². The Morgan fingerprint density at radius 3 is 2.49 bits per heavy atom. The van der Waals surface area contributed by atoms with Gasteiger partial charge in [0.1, 0.15) is 5.69 Å². The van der Waals surface area contributed by atoms with Crippen molar-refractivity contribution in [3.8, 4) is 22.6 Å². The number of nitrogens with one attached hydrogen (secondary N) is 2. The van der Waals surface area contributed by atoms with Crippen LogP contribution in [0.15, 0.2) is 96.1 Å². The molecule has 2 N–H and O–H groups in total. The van der Waals surface area contributed by atoms with E-state index in [2.05, 4.69) is 38.1 Å². The predicted octanol–water partition coefficient (Wildman–Crippen LogP) is 6.74. The van der Waals surface area contributed by atoms with Gasteiger partial charge in [-0.3, -0.25) is 4.79 Å². The zero-order chi connectivity index (χ0) is 27.4. The number of aryl methyl sites for hydroxylation is 1. The van der Waals surface area contributed by atoms with Crippen molar-refractivity contribution in [1.82, 2.24) is 10.4 Å². The fraction of sp³-hybridized carbons (Fsp3) is 0.0645. The molecule has 7 nitrogen and oxygen atoms in total. The van der Waals surface area contributed by atoms with Crippen LogP contribution < -0.4 is 14.9 Å². The highest BCUT2D eigenvalue weighted by Gasteiger charge is 2.20. The van der Waals surface area contributed by atoms with E-state index in [0.717, 1.165) is 31.2 Å². The Hall–Kier alpha value is -4.44. The largest absolute Gasteiger partial charge is 0.493 e. The Balaban J connectivity index is 1.35. The fourth-order valence-electron chi connectivity index (χ4n) is 4.26. The molecule has 0 radical (unpaired) electrons.